The third-order valence-electron chi connectivity index (χ3n) is 5.59. The molecule has 3 aromatic carbocycles. The molecule has 0 spiro atoms. The van der Waals surface area contributed by atoms with Crippen molar-refractivity contribution in [3.05, 3.63) is 102 Å². The molecule has 0 heterocycles. The van der Waals surface area contributed by atoms with Crippen LogP contribution in [0.5, 0.6) is 5.75 Å². The van der Waals surface area contributed by atoms with E-state index >= 15 is 0 Å². The molecule has 5 heteroatoms. The summed E-state index contributed by atoms with van der Waals surface area (Å²) in [6, 6.07) is 28.0. The van der Waals surface area contributed by atoms with E-state index in [1.54, 1.807) is 7.11 Å². The SMILES string of the molecule is COc1ccc(C(NCCCCC(N)C(=O)O)(c2ccccc2)c2ccccc2)cc1. The lowest BCUT2D eigenvalue weighted by Gasteiger charge is -2.37. The van der Waals surface area contributed by atoms with Crippen molar-refractivity contribution in [2.45, 2.75) is 30.8 Å². The van der Waals surface area contributed by atoms with Crippen LogP contribution in [0.25, 0.3) is 0 Å². The summed E-state index contributed by atoms with van der Waals surface area (Å²) < 4.78 is 5.37. The number of hydrogen-bond acceptors (Lipinski definition) is 4. The van der Waals surface area contributed by atoms with Crippen molar-refractivity contribution in [2.75, 3.05) is 13.7 Å². The molecule has 0 bridgehead atoms. The number of nitrogens with two attached hydrogens (primary N) is 1. The molecule has 0 fully saturated rings. The minimum absolute atomic E-state index is 0.462. The van der Waals surface area contributed by atoms with Crippen LogP contribution in [0.15, 0.2) is 84.9 Å². The standard InChI is InChI=1S/C26H30N2O3/c1-31-23-17-15-22(16-18-23)26(20-10-4-2-5-11-20,21-12-6-3-7-13-21)28-19-9-8-14-24(27)25(29)30/h2-7,10-13,15-18,24,28H,8-9,14,19,27H2,1H3,(H,29,30). The van der Waals surface area contributed by atoms with E-state index < -0.39 is 17.6 Å². The Balaban J connectivity index is 1.96. The van der Waals surface area contributed by atoms with Crippen molar-refractivity contribution >= 4 is 5.97 Å². The van der Waals surface area contributed by atoms with Gasteiger partial charge in [-0.1, -0.05) is 79.2 Å². The van der Waals surface area contributed by atoms with Crippen molar-refractivity contribution in [3.63, 3.8) is 0 Å². The number of unbranched alkanes of at least 4 members (excludes halogenated alkanes) is 1. The van der Waals surface area contributed by atoms with Crippen molar-refractivity contribution < 1.29 is 14.6 Å². The fourth-order valence-electron chi connectivity index (χ4n) is 3.91. The predicted molar refractivity (Wildman–Crippen MR) is 123 cm³/mol. The number of carboxylic acid groups (broad SMARTS) is 1. The molecule has 5 nitrogen and oxygen atoms in total. The van der Waals surface area contributed by atoms with E-state index in [0.29, 0.717) is 13.0 Å². The predicted octanol–water partition coefficient (Wildman–Crippen LogP) is 4.16. The highest BCUT2D eigenvalue weighted by molar-refractivity contribution is 5.72. The Kier molecular flexibility index (Phi) is 7.82. The number of benzene rings is 3. The molecule has 0 amide bonds. The second kappa shape index (κ2) is 10.8. The van der Waals surface area contributed by atoms with Crippen LogP contribution in [0.2, 0.25) is 0 Å². The first-order valence-corrected chi connectivity index (χ1v) is 10.6. The number of ether oxygens (including phenoxy) is 1. The molecule has 0 aromatic heterocycles. The fourth-order valence-corrected chi connectivity index (χ4v) is 3.91. The zero-order valence-corrected chi connectivity index (χ0v) is 17.8. The maximum absolute atomic E-state index is 11.0. The molecule has 4 N–H and O–H groups in total. The second-order valence-electron chi connectivity index (χ2n) is 7.58. The fraction of sp³-hybridized carbons (Fsp3) is 0.269. The van der Waals surface area contributed by atoms with Crippen LogP contribution < -0.4 is 15.8 Å². The summed E-state index contributed by atoms with van der Waals surface area (Å²) in [6.07, 6.45) is 2.02. The van der Waals surface area contributed by atoms with Gasteiger partial charge in [0.2, 0.25) is 0 Å². The van der Waals surface area contributed by atoms with E-state index in [4.69, 9.17) is 15.6 Å². The number of carbonyl (C=O) groups is 1. The molecule has 162 valence electrons. The minimum atomic E-state index is -0.950. The van der Waals surface area contributed by atoms with Crippen LogP contribution in [-0.4, -0.2) is 30.8 Å². The minimum Gasteiger partial charge on any atom is -0.497 e. The molecule has 3 aromatic rings. The van der Waals surface area contributed by atoms with E-state index in [1.807, 2.05) is 48.5 Å². The smallest absolute Gasteiger partial charge is 0.320 e. The first-order chi connectivity index (χ1) is 15.1. The van der Waals surface area contributed by atoms with Gasteiger partial charge in [-0.2, -0.15) is 0 Å². The highest BCUT2D eigenvalue weighted by Gasteiger charge is 2.35. The lowest BCUT2D eigenvalue weighted by atomic mass is 9.77. The van der Waals surface area contributed by atoms with Crippen molar-refractivity contribution in [2.24, 2.45) is 5.73 Å². The molecule has 0 aliphatic heterocycles. The molecule has 0 aliphatic rings. The van der Waals surface area contributed by atoms with E-state index in [-0.39, 0.29) is 0 Å². The molecule has 3 rings (SSSR count). The number of rotatable bonds is 11. The Bertz CT molecular complexity index is 904. The molecule has 1 atom stereocenters. The summed E-state index contributed by atoms with van der Waals surface area (Å²) in [5, 5.41) is 12.8. The summed E-state index contributed by atoms with van der Waals surface area (Å²) in [6.45, 7) is 0.710. The number of aliphatic carboxylic acids is 1. The molecule has 31 heavy (non-hydrogen) atoms. The third-order valence-corrected chi connectivity index (χ3v) is 5.59. The Morgan fingerprint density at radius 1 is 0.903 bits per heavy atom. The zero-order chi connectivity index (χ0) is 22.1. The van der Waals surface area contributed by atoms with Gasteiger partial charge in [0.25, 0.3) is 0 Å². The number of nitrogens with one attached hydrogen (secondary N) is 1. The van der Waals surface area contributed by atoms with Crippen LogP contribution in [0.3, 0.4) is 0 Å². The molecule has 1 unspecified atom stereocenters. The van der Waals surface area contributed by atoms with Crippen molar-refractivity contribution in [1.29, 1.82) is 0 Å². The highest BCUT2D eigenvalue weighted by atomic mass is 16.5. The topological polar surface area (TPSA) is 84.6 Å². The zero-order valence-electron chi connectivity index (χ0n) is 17.8. The third kappa shape index (κ3) is 5.32. The second-order valence-corrected chi connectivity index (χ2v) is 7.58. The Hall–Kier alpha value is -3.15. The van der Waals surface area contributed by atoms with Crippen LogP contribution in [0, 0.1) is 0 Å². The van der Waals surface area contributed by atoms with Gasteiger partial charge in [-0.05, 0) is 48.2 Å². The summed E-state index contributed by atoms with van der Waals surface area (Å²) >= 11 is 0. The quantitative estimate of drug-likeness (QED) is 0.322. The molecular weight excluding hydrogens is 388 g/mol. The summed E-state index contributed by atoms with van der Waals surface area (Å²) in [5.41, 5.74) is 8.47. The highest BCUT2D eigenvalue weighted by Crippen LogP contribution is 2.37. The van der Waals surface area contributed by atoms with Crippen LogP contribution in [-0.2, 0) is 10.3 Å². The van der Waals surface area contributed by atoms with Crippen molar-refractivity contribution in [3.8, 4) is 5.75 Å². The Morgan fingerprint density at radius 3 is 1.90 bits per heavy atom. The monoisotopic (exact) mass is 418 g/mol. The van der Waals surface area contributed by atoms with Gasteiger partial charge in [-0.25, -0.2) is 0 Å². The van der Waals surface area contributed by atoms with Gasteiger partial charge < -0.3 is 15.6 Å². The molecule has 0 aliphatic carbocycles. The van der Waals surface area contributed by atoms with Crippen LogP contribution >= 0.6 is 0 Å². The number of carboxylic acids is 1. The van der Waals surface area contributed by atoms with E-state index in [0.717, 1.165) is 35.3 Å². The average Bonchev–Trinajstić information content (AvgIpc) is 2.82. The molecule has 0 saturated carbocycles. The summed E-state index contributed by atoms with van der Waals surface area (Å²) in [7, 11) is 1.66. The molecule has 0 radical (unpaired) electrons. The van der Waals surface area contributed by atoms with Gasteiger partial charge >= 0.3 is 5.97 Å². The maximum Gasteiger partial charge on any atom is 0.320 e. The first-order valence-electron chi connectivity index (χ1n) is 10.6. The first kappa shape index (κ1) is 22.5. The van der Waals surface area contributed by atoms with Crippen molar-refractivity contribution in [1.82, 2.24) is 5.32 Å². The summed E-state index contributed by atoms with van der Waals surface area (Å²) in [5.74, 6) is -0.143. The van der Waals surface area contributed by atoms with E-state index in [2.05, 4.69) is 41.7 Å². The van der Waals surface area contributed by atoms with Crippen LogP contribution in [0.1, 0.15) is 36.0 Å². The van der Waals surface area contributed by atoms with Gasteiger partial charge in [0.1, 0.15) is 11.8 Å². The number of methoxy groups -OCH3 is 1. The molecule has 0 saturated heterocycles. The Labute approximate surface area is 183 Å². The average molecular weight is 419 g/mol. The lowest BCUT2D eigenvalue weighted by Crippen LogP contribution is -2.45. The van der Waals surface area contributed by atoms with Gasteiger partial charge in [-0.15, -0.1) is 0 Å². The maximum atomic E-state index is 11.0. The van der Waals surface area contributed by atoms with Gasteiger partial charge in [-0.3, -0.25) is 10.1 Å². The number of hydrogen-bond donors (Lipinski definition) is 3. The summed E-state index contributed by atoms with van der Waals surface area (Å²) in [4.78, 5) is 11.0. The normalized spacial score (nSPS) is 12.3. The van der Waals surface area contributed by atoms with Gasteiger partial charge in [0.05, 0.1) is 12.6 Å². The van der Waals surface area contributed by atoms with Crippen LogP contribution in [0.4, 0.5) is 0 Å². The van der Waals surface area contributed by atoms with E-state index in [9.17, 15) is 4.79 Å². The Morgan fingerprint density at radius 2 is 1.42 bits per heavy atom. The largest absolute Gasteiger partial charge is 0.497 e. The van der Waals surface area contributed by atoms with Gasteiger partial charge in [0.15, 0.2) is 0 Å². The lowest BCUT2D eigenvalue weighted by molar-refractivity contribution is -0.138. The molecular formula is C26H30N2O3. The van der Waals surface area contributed by atoms with Gasteiger partial charge in [0, 0.05) is 0 Å². The van der Waals surface area contributed by atoms with E-state index in [1.165, 1.54) is 0 Å².